The van der Waals surface area contributed by atoms with E-state index in [-0.39, 0.29) is 5.91 Å². The fourth-order valence-corrected chi connectivity index (χ4v) is 3.26. The van der Waals surface area contributed by atoms with E-state index in [1.165, 1.54) is 6.42 Å². The summed E-state index contributed by atoms with van der Waals surface area (Å²) in [6.45, 7) is 8.49. The van der Waals surface area contributed by atoms with Gasteiger partial charge in [0.2, 0.25) is 0 Å². The number of likely N-dealkylation sites (tertiary alicyclic amines) is 1. The van der Waals surface area contributed by atoms with Crippen LogP contribution in [-0.2, 0) is 0 Å². The molecule has 0 bridgehead atoms. The number of carbonyl (C=O) groups is 1. The van der Waals surface area contributed by atoms with Crippen molar-refractivity contribution in [3.63, 3.8) is 0 Å². The number of ether oxygens (including phenoxy) is 2. The van der Waals surface area contributed by atoms with Crippen LogP contribution in [0.15, 0.2) is 12.1 Å². The van der Waals surface area contributed by atoms with E-state index >= 15 is 0 Å². The Labute approximate surface area is 150 Å². The molecule has 1 aromatic carbocycles. The number of halogens is 1. The third-order valence-electron chi connectivity index (χ3n) is 4.42. The quantitative estimate of drug-likeness (QED) is 0.747. The number of rotatable bonds is 6. The highest BCUT2D eigenvalue weighted by Gasteiger charge is 2.25. The first-order valence-corrected chi connectivity index (χ1v) is 9.13. The zero-order valence-corrected chi connectivity index (χ0v) is 15.9. The van der Waals surface area contributed by atoms with E-state index in [1.54, 1.807) is 19.2 Å². The molecule has 1 aliphatic rings. The molecule has 1 heterocycles. The van der Waals surface area contributed by atoms with Crippen molar-refractivity contribution in [3.8, 4) is 11.5 Å². The van der Waals surface area contributed by atoms with Crippen molar-refractivity contribution in [2.75, 3.05) is 26.8 Å². The van der Waals surface area contributed by atoms with E-state index in [0.717, 1.165) is 25.9 Å². The Morgan fingerprint density at radius 2 is 2.17 bits per heavy atom. The summed E-state index contributed by atoms with van der Waals surface area (Å²) in [5.74, 6) is 2.01. The molecule has 2 rings (SSSR count). The molecule has 1 aliphatic heterocycles. The molecule has 134 valence electrons. The van der Waals surface area contributed by atoms with Crippen LogP contribution in [0.25, 0.3) is 0 Å². The van der Waals surface area contributed by atoms with Crippen LogP contribution in [0.5, 0.6) is 11.5 Å². The Morgan fingerprint density at radius 3 is 2.79 bits per heavy atom. The maximum Gasteiger partial charge on any atom is 0.254 e. The summed E-state index contributed by atoms with van der Waals surface area (Å²) < 4.78 is 11.2. The van der Waals surface area contributed by atoms with Crippen LogP contribution in [-0.4, -0.2) is 37.6 Å². The smallest absolute Gasteiger partial charge is 0.254 e. The third-order valence-corrected chi connectivity index (χ3v) is 4.70. The molecule has 4 nitrogen and oxygen atoms in total. The molecule has 1 unspecified atom stereocenters. The Kier molecular flexibility index (Phi) is 6.79. The number of amides is 1. The van der Waals surface area contributed by atoms with Gasteiger partial charge in [0.15, 0.2) is 11.5 Å². The molecule has 0 saturated carbocycles. The number of nitrogens with zero attached hydrogens (tertiary/aromatic N) is 1. The summed E-state index contributed by atoms with van der Waals surface area (Å²) in [6, 6.07) is 3.43. The second kappa shape index (κ2) is 8.61. The average molecular weight is 354 g/mol. The van der Waals surface area contributed by atoms with Crippen LogP contribution >= 0.6 is 11.6 Å². The van der Waals surface area contributed by atoms with Crippen LogP contribution in [0.4, 0.5) is 0 Å². The first kappa shape index (κ1) is 18.9. The predicted octanol–water partition coefficient (Wildman–Crippen LogP) is 4.65. The highest BCUT2D eigenvalue weighted by atomic mass is 35.5. The minimum Gasteiger partial charge on any atom is -0.493 e. The van der Waals surface area contributed by atoms with Gasteiger partial charge in [-0.3, -0.25) is 4.79 Å². The number of piperidine rings is 1. The molecule has 1 aromatic rings. The van der Waals surface area contributed by atoms with Crippen LogP contribution < -0.4 is 9.47 Å². The fraction of sp³-hybridized carbons (Fsp3) is 0.632. The Balaban J connectivity index is 2.21. The van der Waals surface area contributed by atoms with Crippen LogP contribution in [0.1, 0.15) is 50.4 Å². The van der Waals surface area contributed by atoms with Crippen LogP contribution in [0.3, 0.4) is 0 Å². The first-order chi connectivity index (χ1) is 11.5. The van der Waals surface area contributed by atoms with Gasteiger partial charge in [-0.15, -0.1) is 0 Å². The van der Waals surface area contributed by atoms with Crippen molar-refractivity contribution < 1.29 is 14.3 Å². The molecule has 5 heteroatoms. The second-order valence-electron chi connectivity index (χ2n) is 6.86. The number of benzene rings is 1. The summed E-state index contributed by atoms with van der Waals surface area (Å²) in [7, 11) is 1.57. The van der Waals surface area contributed by atoms with E-state index in [2.05, 4.69) is 20.8 Å². The molecular formula is C19H28ClNO3. The molecule has 0 N–H and O–H groups in total. The monoisotopic (exact) mass is 353 g/mol. The van der Waals surface area contributed by atoms with Crippen molar-refractivity contribution in [2.45, 2.75) is 40.0 Å². The SMILES string of the molecule is CCC1CCCN(C(=O)c2cc(Cl)c(OCC(C)C)c(OC)c2)C1. The van der Waals surface area contributed by atoms with Crippen molar-refractivity contribution >= 4 is 17.5 Å². The van der Waals surface area contributed by atoms with Gasteiger partial charge in [-0.2, -0.15) is 0 Å². The molecule has 0 aliphatic carbocycles. The van der Waals surface area contributed by atoms with Crippen molar-refractivity contribution in [2.24, 2.45) is 11.8 Å². The molecule has 24 heavy (non-hydrogen) atoms. The lowest BCUT2D eigenvalue weighted by molar-refractivity contribution is 0.0670. The Morgan fingerprint density at radius 1 is 1.42 bits per heavy atom. The number of hydrogen-bond acceptors (Lipinski definition) is 3. The second-order valence-corrected chi connectivity index (χ2v) is 7.27. The highest BCUT2D eigenvalue weighted by molar-refractivity contribution is 6.32. The van der Waals surface area contributed by atoms with E-state index < -0.39 is 0 Å². The van der Waals surface area contributed by atoms with Gasteiger partial charge in [0, 0.05) is 18.7 Å². The van der Waals surface area contributed by atoms with Gasteiger partial charge < -0.3 is 14.4 Å². The Bertz CT molecular complexity index is 574. The van der Waals surface area contributed by atoms with Crippen molar-refractivity contribution in [3.05, 3.63) is 22.7 Å². The van der Waals surface area contributed by atoms with E-state index in [0.29, 0.717) is 40.5 Å². The summed E-state index contributed by atoms with van der Waals surface area (Å²) >= 11 is 6.36. The Hall–Kier alpha value is -1.42. The van der Waals surface area contributed by atoms with E-state index in [9.17, 15) is 4.79 Å². The molecule has 1 fully saturated rings. The van der Waals surface area contributed by atoms with Crippen LogP contribution in [0.2, 0.25) is 5.02 Å². The van der Waals surface area contributed by atoms with E-state index in [4.69, 9.17) is 21.1 Å². The number of methoxy groups -OCH3 is 1. The summed E-state index contributed by atoms with van der Waals surface area (Å²) in [6.07, 6.45) is 3.37. The topological polar surface area (TPSA) is 38.8 Å². The standard InChI is InChI=1S/C19H28ClNO3/c1-5-14-7-6-8-21(11-14)19(22)15-9-16(20)18(17(10-15)23-4)24-12-13(2)3/h9-10,13-14H,5-8,11-12H2,1-4H3. The zero-order chi connectivity index (χ0) is 17.7. The minimum absolute atomic E-state index is 0.0174. The highest BCUT2D eigenvalue weighted by Crippen LogP contribution is 2.37. The molecule has 1 saturated heterocycles. The van der Waals surface area contributed by atoms with E-state index in [1.807, 2.05) is 4.90 Å². The van der Waals surface area contributed by atoms with Gasteiger partial charge in [-0.05, 0) is 36.8 Å². The van der Waals surface area contributed by atoms with Gasteiger partial charge in [0.25, 0.3) is 5.91 Å². The maximum atomic E-state index is 12.8. The van der Waals surface area contributed by atoms with Crippen molar-refractivity contribution in [1.82, 2.24) is 4.90 Å². The minimum atomic E-state index is 0.0174. The zero-order valence-electron chi connectivity index (χ0n) is 15.1. The molecule has 1 amide bonds. The predicted molar refractivity (Wildman–Crippen MR) is 97.3 cm³/mol. The lowest BCUT2D eigenvalue weighted by atomic mass is 9.95. The molecule has 1 atom stereocenters. The van der Waals surface area contributed by atoms with Gasteiger partial charge in [-0.25, -0.2) is 0 Å². The maximum absolute atomic E-state index is 12.8. The van der Waals surface area contributed by atoms with Gasteiger partial charge in [0.05, 0.1) is 18.7 Å². The lowest BCUT2D eigenvalue weighted by Crippen LogP contribution is -2.39. The summed E-state index contributed by atoms with van der Waals surface area (Å²) in [5, 5.41) is 0.419. The van der Waals surface area contributed by atoms with Gasteiger partial charge >= 0.3 is 0 Å². The molecule has 0 spiro atoms. The molecule has 0 aromatic heterocycles. The number of carbonyl (C=O) groups excluding carboxylic acids is 1. The largest absolute Gasteiger partial charge is 0.493 e. The number of hydrogen-bond donors (Lipinski definition) is 0. The summed E-state index contributed by atoms with van der Waals surface area (Å²) in [5.41, 5.74) is 0.561. The molecular weight excluding hydrogens is 326 g/mol. The van der Waals surface area contributed by atoms with Crippen molar-refractivity contribution in [1.29, 1.82) is 0 Å². The van der Waals surface area contributed by atoms with Gasteiger partial charge in [0.1, 0.15) is 0 Å². The fourth-order valence-electron chi connectivity index (χ4n) is 3.00. The molecule has 0 radical (unpaired) electrons. The summed E-state index contributed by atoms with van der Waals surface area (Å²) in [4.78, 5) is 14.8. The third kappa shape index (κ3) is 4.56. The normalized spacial score (nSPS) is 17.9. The average Bonchev–Trinajstić information content (AvgIpc) is 2.59. The van der Waals surface area contributed by atoms with Gasteiger partial charge in [-0.1, -0.05) is 38.8 Å². The van der Waals surface area contributed by atoms with Crippen LogP contribution in [0, 0.1) is 11.8 Å². The lowest BCUT2D eigenvalue weighted by Gasteiger charge is -2.32. The first-order valence-electron chi connectivity index (χ1n) is 8.75.